The number of nitrogens with two attached hydrogens (primary N) is 1. The molecule has 0 unspecified atom stereocenters. The van der Waals surface area contributed by atoms with Crippen molar-refractivity contribution in [3.05, 3.63) is 28.2 Å². The summed E-state index contributed by atoms with van der Waals surface area (Å²) in [6.45, 7) is -0.381. The lowest BCUT2D eigenvalue weighted by Crippen LogP contribution is -2.48. The minimum Gasteiger partial charge on any atom is -0.368 e. The highest BCUT2D eigenvalue weighted by Crippen LogP contribution is 2.25. The van der Waals surface area contributed by atoms with Gasteiger partial charge >= 0.3 is 0 Å². The predicted octanol–water partition coefficient (Wildman–Crippen LogP) is 0.995. The predicted molar refractivity (Wildman–Crippen MR) is 95.8 cm³/mol. The molecule has 0 aliphatic carbocycles. The highest BCUT2D eigenvalue weighted by atomic mass is 35.5. The molecule has 0 saturated carbocycles. The Hall–Kier alpha value is -1.00. The van der Waals surface area contributed by atoms with Crippen LogP contribution in [0.25, 0.3) is 0 Å². The Balaban J connectivity index is 3.00. The monoisotopic (exact) mass is 413 g/mol. The van der Waals surface area contributed by atoms with Crippen LogP contribution in [0.5, 0.6) is 0 Å². The van der Waals surface area contributed by atoms with Crippen LogP contribution in [0.1, 0.15) is 6.42 Å². The molecule has 0 aliphatic rings. The van der Waals surface area contributed by atoms with Crippen molar-refractivity contribution in [2.24, 2.45) is 5.73 Å². The highest BCUT2D eigenvalue weighted by molar-refractivity contribution is 7.98. The molecule has 4 N–H and O–H groups in total. The van der Waals surface area contributed by atoms with Crippen molar-refractivity contribution < 1.29 is 18.0 Å². The number of hydrogen-bond acceptors (Lipinski definition) is 5. The summed E-state index contributed by atoms with van der Waals surface area (Å²) in [5.74, 6) is -0.849. The van der Waals surface area contributed by atoms with E-state index < -0.39 is 27.9 Å². The number of carbonyl (C=O) groups is 2. The van der Waals surface area contributed by atoms with Crippen LogP contribution in [0, 0.1) is 0 Å². The molecule has 7 nitrogen and oxygen atoms in total. The first-order valence-corrected chi connectivity index (χ1v) is 10.3. The summed E-state index contributed by atoms with van der Waals surface area (Å²) in [5, 5.41) is 2.46. The zero-order valence-corrected chi connectivity index (χ0v) is 15.9. The van der Waals surface area contributed by atoms with Crippen LogP contribution in [-0.2, 0) is 19.6 Å². The van der Waals surface area contributed by atoms with Crippen molar-refractivity contribution in [1.82, 2.24) is 10.0 Å². The van der Waals surface area contributed by atoms with E-state index in [-0.39, 0.29) is 27.9 Å². The third-order valence-corrected chi connectivity index (χ3v) is 5.68. The van der Waals surface area contributed by atoms with Crippen LogP contribution in [-0.4, -0.2) is 44.8 Å². The van der Waals surface area contributed by atoms with Crippen molar-refractivity contribution in [1.29, 1.82) is 0 Å². The molecule has 24 heavy (non-hydrogen) atoms. The van der Waals surface area contributed by atoms with E-state index in [2.05, 4.69) is 10.0 Å². The minimum absolute atomic E-state index is 0.0203. The van der Waals surface area contributed by atoms with E-state index >= 15 is 0 Å². The summed E-state index contributed by atoms with van der Waals surface area (Å²) >= 11 is 13.2. The van der Waals surface area contributed by atoms with Gasteiger partial charge in [-0.1, -0.05) is 23.2 Å². The van der Waals surface area contributed by atoms with Crippen molar-refractivity contribution in [3.8, 4) is 0 Å². The second-order valence-electron chi connectivity index (χ2n) is 4.71. The van der Waals surface area contributed by atoms with Gasteiger partial charge in [0, 0.05) is 5.02 Å². The Morgan fingerprint density at radius 2 is 2.00 bits per heavy atom. The topological polar surface area (TPSA) is 118 Å². The van der Waals surface area contributed by atoms with Gasteiger partial charge in [-0.3, -0.25) is 9.59 Å². The molecule has 0 bridgehead atoms. The maximum atomic E-state index is 12.5. The molecule has 0 fully saturated rings. The third-order valence-electron chi connectivity index (χ3n) is 2.84. The van der Waals surface area contributed by atoms with E-state index in [4.69, 9.17) is 28.9 Å². The van der Waals surface area contributed by atoms with E-state index in [1.165, 1.54) is 30.0 Å². The largest absolute Gasteiger partial charge is 0.368 e. The smallest absolute Gasteiger partial charge is 0.242 e. The Labute approximate surface area is 154 Å². The molecule has 11 heteroatoms. The fourth-order valence-corrected chi connectivity index (χ4v) is 4.17. The number of hydrogen-bond donors (Lipinski definition) is 3. The molecule has 0 spiro atoms. The summed E-state index contributed by atoms with van der Waals surface area (Å²) in [6.07, 6.45) is 2.05. The second kappa shape index (κ2) is 9.47. The Morgan fingerprint density at radius 1 is 1.33 bits per heavy atom. The molecule has 0 saturated heterocycles. The lowest BCUT2D eigenvalue weighted by Gasteiger charge is -2.18. The van der Waals surface area contributed by atoms with Crippen molar-refractivity contribution >= 4 is 56.8 Å². The molecule has 1 rings (SSSR count). The fourth-order valence-electron chi connectivity index (χ4n) is 1.71. The summed E-state index contributed by atoms with van der Waals surface area (Å²) < 4.78 is 27.3. The zero-order chi connectivity index (χ0) is 18.3. The van der Waals surface area contributed by atoms with Gasteiger partial charge in [-0.05, 0) is 36.6 Å². The Morgan fingerprint density at radius 3 is 2.58 bits per heavy atom. The Bertz CT molecular complexity index is 713. The Kier molecular flexibility index (Phi) is 8.31. The number of primary amides is 1. The normalized spacial score (nSPS) is 12.6. The SMILES string of the molecule is CSCC[C@@H](NS(=O)(=O)c1cc(Cl)ccc1Cl)C(=O)NCC(N)=O. The molecular formula is C13H17Cl2N3O4S2. The fraction of sp³-hybridized carbons (Fsp3) is 0.385. The van der Waals surface area contributed by atoms with Crippen LogP contribution in [0.15, 0.2) is 23.1 Å². The van der Waals surface area contributed by atoms with E-state index in [1.807, 2.05) is 6.26 Å². The van der Waals surface area contributed by atoms with Gasteiger partial charge in [0.25, 0.3) is 0 Å². The number of sulfonamides is 1. The molecule has 1 aromatic carbocycles. The first kappa shape index (κ1) is 21.0. The summed E-state index contributed by atoms with van der Waals surface area (Å²) in [6, 6.07) is 2.92. The van der Waals surface area contributed by atoms with E-state index in [0.29, 0.717) is 5.75 Å². The maximum absolute atomic E-state index is 12.5. The standard InChI is InChI=1S/C13H17Cl2N3O4S2/c1-23-5-4-10(13(20)17-7-12(16)19)18-24(21,22)11-6-8(14)2-3-9(11)15/h2-3,6,10,18H,4-5,7H2,1H3,(H2,16,19)(H,17,20)/t10-/m1/s1. The van der Waals surface area contributed by atoms with E-state index in [9.17, 15) is 18.0 Å². The third kappa shape index (κ3) is 6.48. The molecule has 0 radical (unpaired) electrons. The molecule has 0 aliphatic heterocycles. The number of halogens is 2. The van der Waals surface area contributed by atoms with Gasteiger partial charge in [0.05, 0.1) is 11.6 Å². The van der Waals surface area contributed by atoms with Crippen LogP contribution < -0.4 is 15.8 Å². The number of amides is 2. The van der Waals surface area contributed by atoms with Crippen LogP contribution in [0.2, 0.25) is 10.0 Å². The van der Waals surface area contributed by atoms with Gasteiger partial charge in [-0.2, -0.15) is 16.5 Å². The van der Waals surface area contributed by atoms with Gasteiger partial charge in [0.2, 0.25) is 21.8 Å². The van der Waals surface area contributed by atoms with Gasteiger partial charge in [-0.25, -0.2) is 8.42 Å². The summed E-state index contributed by atoms with van der Waals surface area (Å²) in [5.41, 5.74) is 4.97. The lowest BCUT2D eigenvalue weighted by molar-refractivity contribution is -0.125. The average molecular weight is 414 g/mol. The molecule has 0 heterocycles. The van der Waals surface area contributed by atoms with Crippen molar-refractivity contribution in [2.45, 2.75) is 17.4 Å². The van der Waals surface area contributed by atoms with Crippen LogP contribution >= 0.6 is 35.0 Å². The van der Waals surface area contributed by atoms with Gasteiger partial charge in [0.15, 0.2) is 0 Å². The number of carbonyl (C=O) groups excluding carboxylic acids is 2. The summed E-state index contributed by atoms with van der Waals surface area (Å²) in [4.78, 5) is 22.6. The first-order valence-electron chi connectivity index (χ1n) is 6.69. The molecule has 134 valence electrons. The number of nitrogens with one attached hydrogen (secondary N) is 2. The second-order valence-corrected chi connectivity index (χ2v) is 8.23. The van der Waals surface area contributed by atoms with E-state index in [0.717, 1.165) is 0 Å². The minimum atomic E-state index is -4.08. The van der Waals surface area contributed by atoms with Gasteiger partial charge in [0.1, 0.15) is 10.9 Å². The molecular weight excluding hydrogens is 397 g/mol. The summed E-state index contributed by atoms with van der Waals surface area (Å²) in [7, 11) is -4.08. The maximum Gasteiger partial charge on any atom is 0.242 e. The van der Waals surface area contributed by atoms with Crippen molar-refractivity contribution in [2.75, 3.05) is 18.6 Å². The zero-order valence-electron chi connectivity index (χ0n) is 12.7. The van der Waals surface area contributed by atoms with Crippen LogP contribution in [0.3, 0.4) is 0 Å². The highest BCUT2D eigenvalue weighted by Gasteiger charge is 2.27. The molecule has 2 amide bonds. The number of rotatable bonds is 9. The molecule has 0 aromatic heterocycles. The van der Waals surface area contributed by atoms with E-state index in [1.54, 1.807) is 0 Å². The first-order chi connectivity index (χ1) is 11.2. The lowest BCUT2D eigenvalue weighted by atomic mass is 10.2. The van der Waals surface area contributed by atoms with Crippen molar-refractivity contribution in [3.63, 3.8) is 0 Å². The van der Waals surface area contributed by atoms with Gasteiger partial charge in [-0.15, -0.1) is 0 Å². The quantitative estimate of drug-likeness (QED) is 0.557. The van der Waals surface area contributed by atoms with Crippen LogP contribution in [0.4, 0.5) is 0 Å². The molecule has 1 atom stereocenters. The van der Waals surface area contributed by atoms with Gasteiger partial charge < -0.3 is 11.1 Å². The molecule has 1 aromatic rings. The average Bonchev–Trinajstić information content (AvgIpc) is 2.51. The number of thioether (sulfide) groups is 1. The number of benzene rings is 1.